The highest BCUT2D eigenvalue weighted by atomic mass is 16.5. The van der Waals surface area contributed by atoms with Crippen molar-refractivity contribution >= 4 is 11.8 Å². The standard InChI is InChI=1S/C14H24N2O4/c1-19-9-13(17)15-7-8-16(14(18)10-20-2)12-6-4-3-5-11(12)15/h11-12H,3-10H2,1-2H3/t11-,12-/m1/s1. The first-order chi connectivity index (χ1) is 9.69. The van der Waals surface area contributed by atoms with Gasteiger partial charge in [0.05, 0.1) is 12.1 Å². The van der Waals surface area contributed by atoms with Gasteiger partial charge in [0, 0.05) is 27.3 Å². The fourth-order valence-corrected chi connectivity index (χ4v) is 3.40. The van der Waals surface area contributed by atoms with Gasteiger partial charge in [0.1, 0.15) is 13.2 Å². The van der Waals surface area contributed by atoms with E-state index in [1.165, 1.54) is 14.2 Å². The molecule has 1 aliphatic heterocycles. The lowest BCUT2D eigenvalue weighted by atomic mass is 9.86. The molecule has 1 saturated carbocycles. The Kier molecular flexibility index (Phi) is 5.37. The molecule has 1 heterocycles. The first kappa shape index (κ1) is 15.3. The van der Waals surface area contributed by atoms with Gasteiger partial charge in [0.15, 0.2) is 0 Å². The summed E-state index contributed by atoms with van der Waals surface area (Å²) in [5.74, 6) is 0.0616. The molecule has 20 heavy (non-hydrogen) atoms. The van der Waals surface area contributed by atoms with E-state index in [2.05, 4.69) is 0 Å². The Bertz CT molecular complexity index is 327. The zero-order valence-electron chi connectivity index (χ0n) is 12.3. The lowest BCUT2D eigenvalue weighted by Gasteiger charge is -2.49. The van der Waals surface area contributed by atoms with E-state index in [0.717, 1.165) is 25.7 Å². The van der Waals surface area contributed by atoms with Crippen molar-refractivity contribution in [2.24, 2.45) is 0 Å². The maximum atomic E-state index is 12.1. The van der Waals surface area contributed by atoms with E-state index in [4.69, 9.17) is 9.47 Å². The second kappa shape index (κ2) is 7.04. The summed E-state index contributed by atoms with van der Waals surface area (Å²) in [6.45, 7) is 1.43. The first-order valence-electron chi connectivity index (χ1n) is 7.26. The van der Waals surface area contributed by atoms with Crippen molar-refractivity contribution in [1.29, 1.82) is 0 Å². The van der Waals surface area contributed by atoms with Crippen LogP contribution in [0.3, 0.4) is 0 Å². The molecular formula is C14H24N2O4. The monoisotopic (exact) mass is 284 g/mol. The van der Waals surface area contributed by atoms with E-state index < -0.39 is 0 Å². The maximum absolute atomic E-state index is 12.1. The Morgan fingerprint density at radius 1 is 0.900 bits per heavy atom. The van der Waals surface area contributed by atoms with E-state index in [1.807, 2.05) is 9.80 Å². The maximum Gasteiger partial charge on any atom is 0.248 e. The van der Waals surface area contributed by atoms with Crippen LogP contribution in [-0.2, 0) is 19.1 Å². The molecule has 0 radical (unpaired) electrons. The zero-order valence-corrected chi connectivity index (χ0v) is 12.3. The topological polar surface area (TPSA) is 59.1 Å². The van der Waals surface area contributed by atoms with Gasteiger partial charge in [-0.1, -0.05) is 12.8 Å². The predicted octanol–water partition coefficient (Wildman–Crippen LogP) is 0.261. The molecule has 6 nitrogen and oxygen atoms in total. The highest BCUT2D eigenvalue weighted by Gasteiger charge is 2.41. The number of methoxy groups -OCH3 is 2. The highest BCUT2D eigenvalue weighted by Crippen LogP contribution is 2.30. The lowest BCUT2D eigenvalue weighted by Crippen LogP contribution is -2.64. The van der Waals surface area contributed by atoms with Crippen LogP contribution in [-0.4, -0.2) is 74.2 Å². The van der Waals surface area contributed by atoms with Gasteiger partial charge < -0.3 is 19.3 Å². The number of rotatable bonds is 4. The van der Waals surface area contributed by atoms with E-state index in [9.17, 15) is 9.59 Å². The van der Waals surface area contributed by atoms with Gasteiger partial charge >= 0.3 is 0 Å². The molecule has 0 aromatic carbocycles. The quantitative estimate of drug-likeness (QED) is 0.743. The second-order valence-corrected chi connectivity index (χ2v) is 5.46. The van der Waals surface area contributed by atoms with E-state index in [-0.39, 0.29) is 37.1 Å². The van der Waals surface area contributed by atoms with Crippen LogP contribution in [0.5, 0.6) is 0 Å². The van der Waals surface area contributed by atoms with Gasteiger partial charge in [-0.25, -0.2) is 0 Å². The molecule has 2 aliphatic rings. The number of hydrogen-bond donors (Lipinski definition) is 0. The Labute approximate surface area is 120 Å². The summed E-state index contributed by atoms with van der Waals surface area (Å²) in [4.78, 5) is 28.1. The summed E-state index contributed by atoms with van der Waals surface area (Å²) in [6, 6.07) is 0.280. The third kappa shape index (κ3) is 3.12. The lowest BCUT2D eigenvalue weighted by molar-refractivity contribution is -0.153. The highest BCUT2D eigenvalue weighted by molar-refractivity contribution is 5.80. The molecule has 1 saturated heterocycles. The van der Waals surface area contributed by atoms with Crippen molar-refractivity contribution in [3.05, 3.63) is 0 Å². The normalized spacial score (nSPS) is 26.3. The van der Waals surface area contributed by atoms with Gasteiger partial charge in [0.2, 0.25) is 11.8 Å². The molecule has 0 aromatic rings. The Morgan fingerprint density at radius 2 is 1.30 bits per heavy atom. The van der Waals surface area contributed by atoms with Gasteiger partial charge in [-0.15, -0.1) is 0 Å². The minimum Gasteiger partial charge on any atom is -0.375 e. The Hall–Kier alpha value is -1.14. The van der Waals surface area contributed by atoms with E-state index in [0.29, 0.717) is 13.1 Å². The Morgan fingerprint density at radius 3 is 1.65 bits per heavy atom. The van der Waals surface area contributed by atoms with E-state index in [1.54, 1.807) is 0 Å². The summed E-state index contributed by atoms with van der Waals surface area (Å²) in [5.41, 5.74) is 0. The summed E-state index contributed by atoms with van der Waals surface area (Å²) in [7, 11) is 3.07. The fraction of sp³-hybridized carbons (Fsp3) is 0.857. The van der Waals surface area contributed by atoms with Crippen molar-refractivity contribution in [2.75, 3.05) is 40.5 Å². The summed E-state index contributed by atoms with van der Waals surface area (Å²) >= 11 is 0. The second-order valence-electron chi connectivity index (χ2n) is 5.46. The average molecular weight is 284 g/mol. The van der Waals surface area contributed by atoms with Crippen LogP contribution in [0, 0.1) is 0 Å². The molecule has 0 bridgehead atoms. The molecule has 0 aromatic heterocycles. The van der Waals surface area contributed by atoms with Crippen LogP contribution in [0.1, 0.15) is 25.7 Å². The fourth-order valence-electron chi connectivity index (χ4n) is 3.40. The van der Waals surface area contributed by atoms with Gasteiger partial charge in [0.25, 0.3) is 0 Å². The van der Waals surface area contributed by atoms with Crippen LogP contribution >= 0.6 is 0 Å². The molecule has 2 amide bonds. The number of carbonyl (C=O) groups is 2. The zero-order chi connectivity index (χ0) is 14.5. The third-order valence-corrected chi connectivity index (χ3v) is 4.25. The van der Waals surface area contributed by atoms with Crippen molar-refractivity contribution in [3.63, 3.8) is 0 Å². The molecule has 2 atom stereocenters. The molecule has 0 spiro atoms. The molecule has 1 aliphatic carbocycles. The smallest absolute Gasteiger partial charge is 0.248 e. The molecule has 6 heteroatoms. The van der Waals surface area contributed by atoms with Crippen molar-refractivity contribution in [2.45, 2.75) is 37.8 Å². The van der Waals surface area contributed by atoms with Gasteiger partial charge in [-0.3, -0.25) is 9.59 Å². The van der Waals surface area contributed by atoms with Crippen molar-refractivity contribution < 1.29 is 19.1 Å². The van der Waals surface area contributed by atoms with Crippen molar-refractivity contribution in [3.8, 4) is 0 Å². The van der Waals surface area contributed by atoms with Crippen LogP contribution in [0.2, 0.25) is 0 Å². The molecular weight excluding hydrogens is 260 g/mol. The average Bonchev–Trinajstić information content (AvgIpc) is 2.46. The number of fused-ring (bicyclic) bond motifs is 1. The van der Waals surface area contributed by atoms with Gasteiger partial charge in [-0.05, 0) is 12.8 Å². The minimum atomic E-state index is 0.0308. The molecule has 114 valence electrons. The number of piperazine rings is 1. The molecule has 2 rings (SSSR count). The molecule has 0 unspecified atom stereocenters. The third-order valence-electron chi connectivity index (χ3n) is 4.25. The minimum absolute atomic E-state index is 0.0308. The first-order valence-corrected chi connectivity index (χ1v) is 7.26. The van der Waals surface area contributed by atoms with Crippen LogP contribution in [0.4, 0.5) is 0 Å². The number of carbonyl (C=O) groups excluding carboxylic acids is 2. The van der Waals surface area contributed by atoms with Crippen molar-refractivity contribution in [1.82, 2.24) is 9.80 Å². The summed E-state index contributed by atoms with van der Waals surface area (Å²) < 4.78 is 9.92. The van der Waals surface area contributed by atoms with Crippen LogP contribution < -0.4 is 0 Å². The number of hydrogen-bond acceptors (Lipinski definition) is 4. The Balaban J connectivity index is 2.09. The largest absolute Gasteiger partial charge is 0.375 e. The molecule has 0 N–H and O–H groups in total. The number of nitrogens with zero attached hydrogens (tertiary/aromatic N) is 2. The van der Waals surface area contributed by atoms with E-state index >= 15 is 0 Å². The predicted molar refractivity (Wildman–Crippen MR) is 73.2 cm³/mol. The van der Waals surface area contributed by atoms with Crippen LogP contribution in [0.25, 0.3) is 0 Å². The number of amides is 2. The van der Waals surface area contributed by atoms with Gasteiger partial charge in [-0.2, -0.15) is 0 Å². The van der Waals surface area contributed by atoms with Crippen LogP contribution in [0.15, 0.2) is 0 Å². The summed E-state index contributed by atoms with van der Waals surface area (Å²) in [6.07, 6.45) is 4.17. The molecule has 2 fully saturated rings. The summed E-state index contributed by atoms with van der Waals surface area (Å²) in [5, 5.41) is 0. The SMILES string of the molecule is COCC(=O)N1CCN(C(=O)COC)[C@@H]2CCCC[C@H]21. The number of ether oxygens (including phenoxy) is 2.